The molecule has 13 heavy (non-hydrogen) atoms. The third-order valence-electron chi connectivity index (χ3n) is 2.97. The Hall–Kier alpha value is -0.0800. The molecule has 1 saturated heterocycles. The average molecular weight is 184 g/mol. The zero-order valence-corrected chi connectivity index (χ0v) is 9.51. The van der Waals surface area contributed by atoms with Gasteiger partial charge in [-0.05, 0) is 40.5 Å². The summed E-state index contributed by atoms with van der Waals surface area (Å²) in [6.45, 7) is 9.89. The van der Waals surface area contributed by atoms with Crippen molar-refractivity contribution in [3.63, 3.8) is 0 Å². The second kappa shape index (κ2) is 3.97. The minimum Gasteiger partial charge on any atom is -0.324 e. The van der Waals surface area contributed by atoms with Crippen molar-refractivity contribution in [1.29, 1.82) is 0 Å². The summed E-state index contributed by atoms with van der Waals surface area (Å²) in [6.07, 6.45) is 4.05. The Morgan fingerprint density at radius 3 is 2.08 bits per heavy atom. The van der Waals surface area contributed by atoms with Gasteiger partial charge in [-0.3, -0.25) is 4.90 Å². The minimum absolute atomic E-state index is 0.0557. The Morgan fingerprint density at radius 2 is 1.69 bits per heavy atom. The molecule has 1 fully saturated rings. The first-order chi connectivity index (χ1) is 5.90. The fourth-order valence-electron chi connectivity index (χ4n) is 2.26. The van der Waals surface area contributed by atoms with E-state index in [9.17, 15) is 0 Å². The summed E-state index contributed by atoms with van der Waals surface area (Å²) in [6, 6.07) is 1.43. The Bertz CT molecular complexity index is 150. The molecule has 0 aliphatic carbocycles. The molecule has 1 rings (SSSR count). The molecule has 2 N–H and O–H groups in total. The van der Waals surface area contributed by atoms with Crippen molar-refractivity contribution in [2.24, 2.45) is 5.73 Å². The van der Waals surface area contributed by atoms with E-state index in [1.807, 2.05) is 0 Å². The van der Waals surface area contributed by atoms with Crippen molar-refractivity contribution in [2.45, 2.75) is 64.6 Å². The van der Waals surface area contributed by atoms with Crippen LogP contribution in [0, 0.1) is 0 Å². The zero-order chi connectivity index (χ0) is 10.1. The van der Waals surface area contributed by atoms with E-state index in [0.29, 0.717) is 12.1 Å². The summed E-state index contributed by atoms with van der Waals surface area (Å²) in [4.78, 5) is 2.56. The van der Waals surface area contributed by atoms with E-state index in [-0.39, 0.29) is 5.54 Å². The lowest BCUT2D eigenvalue weighted by atomic mass is 9.94. The molecular weight excluding hydrogens is 160 g/mol. The highest BCUT2D eigenvalue weighted by Gasteiger charge is 2.28. The first kappa shape index (κ1) is 11.0. The lowest BCUT2D eigenvalue weighted by Crippen LogP contribution is -2.53. The van der Waals surface area contributed by atoms with Crippen LogP contribution in [0.5, 0.6) is 0 Å². The van der Waals surface area contributed by atoms with E-state index in [2.05, 4.69) is 32.6 Å². The van der Waals surface area contributed by atoms with E-state index in [1.54, 1.807) is 0 Å². The maximum absolute atomic E-state index is 6.05. The van der Waals surface area contributed by atoms with Crippen LogP contribution in [0.25, 0.3) is 0 Å². The smallest absolute Gasteiger partial charge is 0.0226 e. The van der Waals surface area contributed by atoms with Crippen LogP contribution >= 0.6 is 0 Å². The Balaban J connectivity index is 2.54. The van der Waals surface area contributed by atoms with Gasteiger partial charge in [0, 0.05) is 24.2 Å². The zero-order valence-electron chi connectivity index (χ0n) is 9.51. The molecule has 2 heteroatoms. The van der Waals surface area contributed by atoms with Crippen LogP contribution in [-0.2, 0) is 0 Å². The number of rotatable bonds is 2. The van der Waals surface area contributed by atoms with E-state index in [0.717, 1.165) is 6.54 Å². The Kier molecular flexibility index (Phi) is 3.36. The van der Waals surface area contributed by atoms with Crippen molar-refractivity contribution in [3.8, 4) is 0 Å². The van der Waals surface area contributed by atoms with Crippen molar-refractivity contribution >= 4 is 0 Å². The van der Waals surface area contributed by atoms with Gasteiger partial charge in [-0.2, -0.15) is 0 Å². The van der Waals surface area contributed by atoms with Gasteiger partial charge >= 0.3 is 0 Å². The number of likely N-dealkylation sites (tertiary alicyclic amines) is 1. The quantitative estimate of drug-likeness (QED) is 0.711. The van der Waals surface area contributed by atoms with Crippen LogP contribution in [0.2, 0.25) is 0 Å². The van der Waals surface area contributed by atoms with E-state index in [1.165, 1.54) is 19.3 Å². The van der Waals surface area contributed by atoms with Gasteiger partial charge < -0.3 is 5.73 Å². The fraction of sp³-hybridized carbons (Fsp3) is 1.00. The Morgan fingerprint density at radius 1 is 1.23 bits per heavy atom. The van der Waals surface area contributed by atoms with Crippen LogP contribution in [-0.4, -0.2) is 29.1 Å². The fourth-order valence-corrected chi connectivity index (χ4v) is 2.26. The van der Waals surface area contributed by atoms with E-state index in [4.69, 9.17) is 5.73 Å². The molecule has 0 unspecified atom stereocenters. The highest BCUT2D eigenvalue weighted by molar-refractivity contribution is 4.86. The van der Waals surface area contributed by atoms with Crippen LogP contribution in [0.3, 0.4) is 0 Å². The summed E-state index contributed by atoms with van der Waals surface area (Å²) in [5, 5.41) is 0. The van der Waals surface area contributed by atoms with Crippen LogP contribution in [0.15, 0.2) is 0 Å². The average Bonchev–Trinajstić information content (AvgIpc) is 1.95. The molecule has 0 aromatic carbocycles. The summed E-state index contributed by atoms with van der Waals surface area (Å²) in [5.74, 6) is 0. The lowest BCUT2D eigenvalue weighted by molar-refractivity contribution is 0.0825. The van der Waals surface area contributed by atoms with Crippen molar-refractivity contribution in [2.75, 3.05) is 6.54 Å². The summed E-state index contributed by atoms with van der Waals surface area (Å²) >= 11 is 0. The van der Waals surface area contributed by atoms with Gasteiger partial charge in [0.15, 0.2) is 0 Å². The highest BCUT2D eigenvalue weighted by Crippen LogP contribution is 2.23. The third-order valence-corrected chi connectivity index (χ3v) is 2.97. The third kappa shape index (κ3) is 3.28. The predicted octanol–water partition coefficient (Wildman–Crippen LogP) is 1.99. The number of nitrogens with two attached hydrogens (primary N) is 1. The van der Waals surface area contributed by atoms with E-state index < -0.39 is 0 Å². The molecule has 1 aliphatic rings. The number of piperidine rings is 1. The van der Waals surface area contributed by atoms with Crippen molar-refractivity contribution in [3.05, 3.63) is 0 Å². The molecule has 0 radical (unpaired) electrons. The monoisotopic (exact) mass is 184 g/mol. The van der Waals surface area contributed by atoms with Gasteiger partial charge in [0.2, 0.25) is 0 Å². The summed E-state index contributed by atoms with van der Waals surface area (Å²) < 4.78 is 0. The summed E-state index contributed by atoms with van der Waals surface area (Å²) in [5.41, 5.74) is 5.99. The molecule has 1 heterocycles. The lowest BCUT2D eigenvalue weighted by Gasteiger charge is -2.42. The number of hydrogen-bond donors (Lipinski definition) is 1. The molecular formula is C11H24N2. The molecule has 0 aromatic rings. The van der Waals surface area contributed by atoms with Gasteiger partial charge in [-0.1, -0.05) is 6.42 Å². The molecule has 0 saturated carbocycles. The largest absolute Gasteiger partial charge is 0.324 e. The SMILES string of the molecule is C[C@@H]1CCC[C@H](C)N1CC(C)(C)N. The number of nitrogens with zero attached hydrogens (tertiary/aromatic N) is 1. The van der Waals surface area contributed by atoms with Gasteiger partial charge in [0.25, 0.3) is 0 Å². The van der Waals surface area contributed by atoms with Crippen LogP contribution < -0.4 is 5.73 Å². The van der Waals surface area contributed by atoms with Crippen molar-refractivity contribution in [1.82, 2.24) is 4.90 Å². The van der Waals surface area contributed by atoms with Crippen LogP contribution in [0.4, 0.5) is 0 Å². The first-order valence-electron chi connectivity index (χ1n) is 5.45. The van der Waals surface area contributed by atoms with Crippen LogP contribution in [0.1, 0.15) is 47.0 Å². The van der Waals surface area contributed by atoms with Crippen molar-refractivity contribution < 1.29 is 0 Å². The molecule has 0 aromatic heterocycles. The highest BCUT2D eigenvalue weighted by atomic mass is 15.2. The molecule has 0 spiro atoms. The van der Waals surface area contributed by atoms with Gasteiger partial charge in [-0.15, -0.1) is 0 Å². The molecule has 78 valence electrons. The minimum atomic E-state index is -0.0557. The molecule has 2 nitrogen and oxygen atoms in total. The molecule has 0 bridgehead atoms. The predicted molar refractivity (Wildman–Crippen MR) is 57.7 cm³/mol. The second-order valence-electron chi connectivity index (χ2n) is 5.29. The van der Waals surface area contributed by atoms with Gasteiger partial charge in [0.1, 0.15) is 0 Å². The number of hydrogen-bond acceptors (Lipinski definition) is 2. The topological polar surface area (TPSA) is 29.3 Å². The summed E-state index contributed by atoms with van der Waals surface area (Å²) in [7, 11) is 0. The van der Waals surface area contributed by atoms with E-state index >= 15 is 0 Å². The van der Waals surface area contributed by atoms with Gasteiger partial charge in [0.05, 0.1) is 0 Å². The standard InChI is InChI=1S/C11H24N2/c1-9-6-5-7-10(2)13(9)8-11(3,4)12/h9-10H,5-8,12H2,1-4H3/t9-,10+. The second-order valence-corrected chi connectivity index (χ2v) is 5.29. The molecule has 1 aliphatic heterocycles. The van der Waals surface area contributed by atoms with Gasteiger partial charge in [-0.25, -0.2) is 0 Å². The maximum atomic E-state index is 6.05. The first-order valence-corrected chi connectivity index (χ1v) is 5.45. The normalized spacial score (nSPS) is 32.1. The molecule has 0 amide bonds. The molecule has 2 atom stereocenters. The Labute approximate surface area is 82.5 Å². The maximum Gasteiger partial charge on any atom is 0.0226 e.